The van der Waals surface area contributed by atoms with Crippen molar-refractivity contribution in [1.29, 1.82) is 0 Å². The molecule has 4 rings (SSSR count). The van der Waals surface area contributed by atoms with E-state index in [2.05, 4.69) is 15.6 Å². The average molecular weight is 466 g/mol. The summed E-state index contributed by atoms with van der Waals surface area (Å²) >= 11 is 0. The molecular weight excluding hydrogens is 445 g/mol. The molecule has 0 bridgehead atoms. The van der Waals surface area contributed by atoms with Gasteiger partial charge in [-0.3, -0.25) is 4.79 Å². The number of benzene rings is 3. The van der Waals surface area contributed by atoms with Crippen molar-refractivity contribution in [2.24, 2.45) is 0 Å². The molecule has 0 atom stereocenters. The quantitative estimate of drug-likeness (QED) is 0.325. The molecule has 8 heteroatoms. The molecule has 0 saturated carbocycles. The summed E-state index contributed by atoms with van der Waals surface area (Å²) in [5.74, 6) is 0.825. The molecule has 0 radical (unpaired) electrons. The molecule has 0 aliphatic rings. The van der Waals surface area contributed by atoms with Crippen LogP contribution in [0.5, 0.6) is 23.1 Å². The largest absolute Gasteiger partial charge is 0.457 e. The highest BCUT2D eigenvalue weighted by atomic mass is 35.5. The Labute approximate surface area is 196 Å². The van der Waals surface area contributed by atoms with E-state index in [1.165, 1.54) is 18.3 Å². The second-order valence-corrected chi connectivity index (χ2v) is 6.78. The van der Waals surface area contributed by atoms with Gasteiger partial charge in [0.1, 0.15) is 11.5 Å². The summed E-state index contributed by atoms with van der Waals surface area (Å²) in [5.41, 5.74) is 1.59. The fourth-order valence-electron chi connectivity index (χ4n) is 2.87. The van der Waals surface area contributed by atoms with Gasteiger partial charge in [-0.05, 0) is 54.6 Å². The number of para-hydroxylation sites is 1. The van der Waals surface area contributed by atoms with Gasteiger partial charge in [-0.2, -0.15) is 0 Å². The van der Waals surface area contributed by atoms with E-state index in [4.69, 9.17) is 9.47 Å². The first kappa shape index (κ1) is 23.6. The Morgan fingerprint density at radius 3 is 2.18 bits per heavy atom. The zero-order valence-electron chi connectivity index (χ0n) is 17.6. The van der Waals surface area contributed by atoms with E-state index in [0.717, 1.165) is 5.75 Å². The van der Waals surface area contributed by atoms with Gasteiger partial charge in [-0.15, -0.1) is 12.4 Å². The van der Waals surface area contributed by atoms with Gasteiger partial charge in [0.15, 0.2) is 11.6 Å². The number of hydrogen-bond donors (Lipinski definition) is 2. The molecule has 168 valence electrons. The van der Waals surface area contributed by atoms with Crippen molar-refractivity contribution >= 4 is 29.7 Å². The van der Waals surface area contributed by atoms with E-state index in [1.807, 2.05) is 30.3 Å². The van der Waals surface area contributed by atoms with Crippen molar-refractivity contribution in [1.82, 2.24) is 4.98 Å². The predicted octanol–water partition coefficient (Wildman–Crippen LogP) is 6.52. The summed E-state index contributed by atoms with van der Waals surface area (Å²) < 4.78 is 25.3. The molecule has 6 nitrogen and oxygen atoms in total. The first-order valence-corrected chi connectivity index (χ1v) is 9.86. The third kappa shape index (κ3) is 6.21. The minimum atomic E-state index is -0.504. The molecule has 3 aromatic carbocycles. The maximum absolute atomic E-state index is 14.1. The minimum Gasteiger partial charge on any atom is -0.457 e. The molecule has 0 aliphatic carbocycles. The van der Waals surface area contributed by atoms with Gasteiger partial charge in [0.05, 0.1) is 11.9 Å². The number of pyridine rings is 1. The molecular formula is C25H21ClFN3O3. The third-order valence-electron chi connectivity index (χ3n) is 4.52. The van der Waals surface area contributed by atoms with Gasteiger partial charge in [-0.25, -0.2) is 9.37 Å². The lowest BCUT2D eigenvalue weighted by Gasteiger charge is -2.09. The number of amides is 1. The first-order valence-electron chi connectivity index (χ1n) is 9.86. The van der Waals surface area contributed by atoms with E-state index in [-0.39, 0.29) is 29.9 Å². The van der Waals surface area contributed by atoms with Crippen molar-refractivity contribution in [2.75, 3.05) is 17.7 Å². The SMILES string of the molecule is CNc1ccc(Oc2ccc(NC(=O)c3ccc(Oc4ccccc4)cc3)cn2)c(F)c1.Cl. The highest BCUT2D eigenvalue weighted by molar-refractivity contribution is 6.04. The van der Waals surface area contributed by atoms with Crippen molar-refractivity contribution in [3.8, 4) is 23.1 Å². The van der Waals surface area contributed by atoms with Crippen LogP contribution in [0.2, 0.25) is 0 Å². The lowest BCUT2D eigenvalue weighted by Crippen LogP contribution is -2.11. The highest BCUT2D eigenvalue weighted by Gasteiger charge is 2.09. The van der Waals surface area contributed by atoms with Crippen LogP contribution in [0.4, 0.5) is 15.8 Å². The van der Waals surface area contributed by atoms with Crippen molar-refractivity contribution in [2.45, 2.75) is 0 Å². The number of nitrogens with one attached hydrogen (secondary N) is 2. The highest BCUT2D eigenvalue weighted by Crippen LogP contribution is 2.26. The number of hydrogen-bond acceptors (Lipinski definition) is 5. The Morgan fingerprint density at radius 1 is 0.848 bits per heavy atom. The molecule has 0 fully saturated rings. The second kappa shape index (κ2) is 11.0. The molecule has 33 heavy (non-hydrogen) atoms. The summed E-state index contributed by atoms with van der Waals surface area (Å²) in [7, 11) is 1.71. The maximum Gasteiger partial charge on any atom is 0.255 e. The minimum absolute atomic E-state index is 0. The van der Waals surface area contributed by atoms with Gasteiger partial charge in [0, 0.05) is 30.4 Å². The number of halogens is 2. The monoisotopic (exact) mass is 465 g/mol. The standard InChI is InChI=1S/C25H20FN3O3.ClH/c1-27-18-9-13-23(22(26)15-18)32-24-14-10-19(16-28-24)29-25(30)17-7-11-21(12-8-17)31-20-5-3-2-4-6-20;/h2-16,27H,1H3,(H,29,30);1H. The Morgan fingerprint density at radius 2 is 1.55 bits per heavy atom. The van der Waals surface area contributed by atoms with Crippen molar-refractivity contribution < 1.29 is 18.7 Å². The van der Waals surface area contributed by atoms with Crippen molar-refractivity contribution in [3.63, 3.8) is 0 Å². The number of carbonyl (C=O) groups is 1. The van der Waals surface area contributed by atoms with Crippen molar-refractivity contribution in [3.05, 3.63) is 103 Å². The molecule has 4 aromatic rings. The topological polar surface area (TPSA) is 72.5 Å². The Kier molecular flexibility index (Phi) is 7.83. The van der Waals surface area contributed by atoms with E-state index in [9.17, 15) is 9.18 Å². The summed E-state index contributed by atoms with van der Waals surface area (Å²) in [6.45, 7) is 0. The summed E-state index contributed by atoms with van der Waals surface area (Å²) in [6, 6.07) is 23.9. The van der Waals surface area contributed by atoms with Crippen LogP contribution in [-0.4, -0.2) is 17.9 Å². The van der Waals surface area contributed by atoms with Crippen LogP contribution in [0, 0.1) is 5.82 Å². The third-order valence-corrected chi connectivity index (χ3v) is 4.52. The maximum atomic E-state index is 14.1. The van der Waals surface area contributed by atoms with Gasteiger partial charge in [0.2, 0.25) is 5.88 Å². The van der Waals surface area contributed by atoms with Crippen LogP contribution in [0.15, 0.2) is 91.1 Å². The molecule has 1 amide bonds. The zero-order chi connectivity index (χ0) is 22.3. The fraction of sp³-hybridized carbons (Fsp3) is 0.0400. The lowest BCUT2D eigenvalue weighted by molar-refractivity contribution is 0.102. The smallest absolute Gasteiger partial charge is 0.255 e. The lowest BCUT2D eigenvalue weighted by atomic mass is 10.2. The van der Waals surface area contributed by atoms with E-state index >= 15 is 0 Å². The number of rotatable bonds is 7. The molecule has 0 unspecified atom stereocenters. The normalized spacial score (nSPS) is 10.0. The van der Waals surface area contributed by atoms with Crippen LogP contribution in [0.3, 0.4) is 0 Å². The van der Waals surface area contributed by atoms with Gasteiger partial charge in [0.25, 0.3) is 5.91 Å². The molecule has 0 spiro atoms. The van der Waals surface area contributed by atoms with Crippen LogP contribution >= 0.6 is 12.4 Å². The fourth-order valence-corrected chi connectivity index (χ4v) is 2.87. The number of anilines is 2. The summed E-state index contributed by atoms with van der Waals surface area (Å²) in [5, 5.41) is 5.62. The van der Waals surface area contributed by atoms with Gasteiger partial charge >= 0.3 is 0 Å². The second-order valence-electron chi connectivity index (χ2n) is 6.78. The number of carbonyl (C=O) groups excluding carboxylic acids is 1. The van der Waals surface area contributed by atoms with E-state index < -0.39 is 5.82 Å². The Hall–Kier alpha value is -4.10. The van der Waals surface area contributed by atoms with E-state index in [0.29, 0.717) is 22.7 Å². The summed E-state index contributed by atoms with van der Waals surface area (Å²) in [6.07, 6.45) is 1.44. The number of ether oxygens (including phenoxy) is 2. The van der Waals surface area contributed by atoms with Crippen LogP contribution in [0.1, 0.15) is 10.4 Å². The van der Waals surface area contributed by atoms with Gasteiger partial charge in [-0.1, -0.05) is 18.2 Å². The first-order chi connectivity index (χ1) is 15.6. The number of aromatic nitrogens is 1. The Bertz CT molecular complexity index is 1200. The molecule has 0 saturated heterocycles. The molecule has 1 heterocycles. The van der Waals surface area contributed by atoms with Gasteiger partial charge < -0.3 is 20.1 Å². The summed E-state index contributed by atoms with van der Waals surface area (Å²) in [4.78, 5) is 16.6. The Balaban J connectivity index is 0.00000306. The van der Waals surface area contributed by atoms with E-state index in [1.54, 1.807) is 49.5 Å². The molecule has 1 aromatic heterocycles. The molecule has 2 N–H and O–H groups in total. The zero-order valence-corrected chi connectivity index (χ0v) is 18.4. The van der Waals surface area contributed by atoms with Crippen LogP contribution < -0.4 is 20.1 Å². The average Bonchev–Trinajstić information content (AvgIpc) is 2.82. The predicted molar refractivity (Wildman–Crippen MR) is 128 cm³/mol. The van der Waals surface area contributed by atoms with Crippen LogP contribution in [0.25, 0.3) is 0 Å². The molecule has 0 aliphatic heterocycles. The number of nitrogens with zero attached hydrogens (tertiary/aromatic N) is 1. The van der Waals surface area contributed by atoms with Crippen LogP contribution in [-0.2, 0) is 0 Å².